The van der Waals surface area contributed by atoms with Crippen molar-refractivity contribution >= 4 is 40.1 Å². The standard InChI is InChI=1S/C26H34O7Si2.2C3H8.2CH4/c1-31-25(29)23(27)21-13-9-7-11-19(21)15-17-34(3,4)33-35(5,6)18-16-20-12-8-10-14-22(20)24(28)26(30)32-2;2*1-3-2;;/h7-14H,15-18H2,1-6H3;2*3H2,1-2H3;2*1H4. The molecule has 244 valence electrons. The van der Waals surface area contributed by atoms with E-state index in [9.17, 15) is 19.2 Å². The van der Waals surface area contributed by atoms with Gasteiger partial charge in [0.2, 0.25) is 0 Å². The van der Waals surface area contributed by atoms with E-state index < -0.39 is 40.1 Å². The molecule has 0 atom stereocenters. The zero-order valence-corrected chi connectivity index (χ0v) is 28.7. The number of Topliss-reactive ketones (excluding diaryl/α,β-unsaturated/α-hetero) is 2. The van der Waals surface area contributed by atoms with Crippen LogP contribution >= 0.6 is 0 Å². The minimum atomic E-state index is -2.12. The van der Waals surface area contributed by atoms with Crippen LogP contribution in [0.2, 0.25) is 38.3 Å². The fraction of sp³-hybridized carbons (Fsp3) is 0.529. The number of hydrogen-bond donors (Lipinski definition) is 0. The summed E-state index contributed by atoms with van der Waals surface area (Å²) >= 11 is 0. The Morgan fingerprint density at radius 2 is 0.860 bits per heavy atom. The van der Waals surface area contributed by atoms with Gasteiger partial charge in [0.15, 0.2) is 16.6 Å². The van der Waals surface area contributed by atoms with Crippen LogP contribution in [0.15, 0.2) is 48.5 Å². The molecule has 0 N–H and O–H groups in total. The third-order valence-corrected chi connectivity index (χ3v) is 13.1. The number of benzene rings is 2. The maximum Gasteiger partial charge on any atom is 0.379 e. The summed E-state index contributed by atoms with van der Waals surface area (Å²) in [5.41, 5.74) is 2.35. The van der Waals surface area contributed by atoms with Gasteiger partial charge in [0.1, 0.15) is 0 Å². The van der Waals surface area contributed by atoms with Crippen molar-refractivity contribution in [2.24, 2.45) is 0 Å². The fourth-order valence-electron chi connectivity index (χ4n) is 4.05. The number of rotatable bonds is 12. The molecule has 0 fully saturated rings. The Kier molecular flexibility index (Phi) is 23.4. The van der Waals surface area contributed by atoms with Gasteiger partial charge in [-0.05, 0) is 62.2 Å². The van der Waals surface area contributed by atoms with Gasteiger partial charge in [-0.25, -0.2) is 9.59 Å². The average molecular weight is 635 g/mol. The lowest BCUT2D eigenvalue weighted by Gasteiger charge is -2.34. The van der Waals surface area contributed by atoms with Gasteiger partial charge in [0.25, 0.3) is 11.6 Å². The number of carbonyl (C=O) groups is 4. The second-order valence-corrected chi connectivity index (χ2v) is 19.8. The van der Waals surface area contributed by atoms with Crippen LogP contribution in [0.5, 0.6) is 0 Å². The molecule has 0 amide bonds. The lowest BCUT2D eigenvalue weighted by molar-refractivity contribution is -0.135. The SMILES string of the molecule is C.C.CCC.CCC.COC(=O)C(=O)c1ccccc1CC[Si](C)(C)O[Si](C)(C)CCc1ccccc1C(=O)C(=O)OC. The van der Waals surface area contributed by atoms with Gasteiger partial charge in [-0.1, -0.05) is 104 Å². The molecule has 0 spiro atoms. The Bertz CT molecular complexity index is 1040. The minimum absolute atomic E-state index is 0. The molecule has 0 unspecified atom stereocenters. The van der Waals surface area contributed by atoms with Gasteiger partial charge in [0, 0.05) is 11.1 Å². The largest absolute Gasteiger partial charge is 0.463 e. The summed E-state index contributed by atoms with van der Waals surface area (Å²) in [6.07, 6.45) is 3.75. The summed E-state index contributed by atoms with van der Waals surface area (Å²) in [6.45, 7) is 17.1. The van der Waals surface area contributed by atoms with Gasteiger partial charge in [-0.3, -0.25) is 9.59 Å². The second kappa shape index (κ2) is 22.6. The van der Waals surface area contributed by atoms with Gasteiger partial charge < -0.3 is 13.6 Å². The van der Waals surface area contributed by atoms with E-state index in [4.69, 9.17) is 4.12 Å². The smallest absolute Gasteiger partial charge is 0.379 e. The van der Waals surface area contributed by atoms with Crippen LogP contribution in [0.3, 0.4) is 0 Å². The Morgan fingerprint density at radius 1 is 0.581 bits per heavy atom. The van der Waals surface area contributed by atoms with Crippen LogP contribution in [0.25, 0.3) is 0 Å². The Labute approximate surface area is 264 Å². The first-order valence-electron chi connectivity index (χ1n) is 14.3. The zero-order valence-electron chi connectivity index (χ0n) is 26.7. The third-order valence-electron chi connectivity index (χ3n) is 5.81. The number of esters is 2. The molecule has 9 heteroatoms. The van der Waals surface area contributed by atoms with E-state index >= 15 is 0 Å². The lowest BCUT2D eigenvalue weighted by Crippen LogP contribution is -2.44. The Balaban J connectivity index is -0.00000184. The van der Waals surface area contributed by atoms with Crippen LogP contribution in [0.1, 0.15) is 87.2 Å². The van der Waals surface area contributed by atoms with Crippen LogP contribution in [0, 0.1) is 0 Å². The number of aryl methyl sites for hydroxylation is 2. The highest BCUT2D eigenvalue weighted by atomic mass is 28.4. The van der Waals surface area contributed by atoms with Crippen molar-refractivity contribution in [2.45, 2.75) is 107 Å². The van der Waals surface area contributed by atoms with Crippen molar-refractivity contribution in [3.63, 3.8) is 0 Å². The van der Waals surface area contributed by atoms with Crippen molar-refractivity contribution in [3.8, 4) is 0 Å². The molecule has 2 aromatic carbocycles. The van der Waals surface area contributed by atoms with E-state index in [1.165, 1.54) is 27.1 Å². The molecule has 0 aliphatic rings. The summed E-state index contributed by atoms with van der Waals surface area (Å²) in [5.74, 6) is -3.02. The summed E-state index contributed by atoms with van der Waals surface area (Å²) in [6, 6.07) is 15.8. The number of carbonyl (C=O) groups excluding carboxylic acids is 4. The summed E-state index contributed by atoms with van der Waals surface area (Å²) < 4.78 is 15.9. The van der Waals surface area contributed by atoms with E-state index in [0.29, 0.717) is 24.0 Å². The lowest BCUT2D eigenvalue weighted by atomic mass is 10.0. The number of ketones is 2. The average Bonchev–Trinajstić information content (AvgIpc) is 2.94. The molecule has 2 aromatic rings. The summed E-state index contributed by atoms with van der Waals surface area (Å²) in [4.78, 5) is 48.2. The monoisotopic (exact) mass is 634 g/mol. The zero-order chi connectivity index (χ0) is 31.6. The topological polar surface area (TPSA) is 96.0 Å². The van der Waals surface area contributed by atoms with Crippen molar-refractivity contribution < 1.29 is 32.8 Å². The van der Waals surface area contributed by atoms with Crippen LogP contribution < -0.4 is 0 Å². The van der Waals surface area contributed by atoms with Gasteiger partial charge in [-0.15, -0.1) is 0 Å². The highest BCUT2D eigenvalue weighted by molar-refractivity contribution is 6.84. The highest BCUT2D eigenvalue weighted by Crippen LogP contribution is 2.26. The van der Waals surface area contributed by atoms with Crippen molar-refractivity contribution in [3.05, 3.63) is 70.8 Å². The third kappa shape index (κ3) is 16.5. The summed E-state index contributed by atoms with van der Waals surface area (Å²) in [5, 5.41) is 0. The number of ether oxygens (including phenoxy) is 2. The number of hydrogen-bond acceptors (Lipinski definition) is 7. The van der Waals surface area contributed by atoms with Gasteiger partial charge in [-0.2, -0.15) is 0 Å². The van der Waals surface area contributed by atoms with Gasteiger partial charge >= 0.3 is 11.9 Å². The molecule has 0 aliphatic heterocycles. The van der Waals surface area contributed by atoms with E-state index in [1.807, 2.05) is 24.3 Å². The van der Waals surface area contributed by atoms with Gasteiger partial charge in [0.05, 0.1) is 14.2 Å². The van der Waals surface area contributed by atoms with Crippen LogP contribution in [0.4, 0.5) is 0 Å². The quantitative estimate of drug-likeness (QED) is 0.0997. The van der Waals surface area contributed by atoms with Crippen molar-refractivity contribution in [1.82, 2.24) is 0 Å². The molecular weight excluding hydrogens is 577 g/mol. The molecular formula is C34H58O7Si2. The van der Waals surface area contributed by atoms with E-state index in [2.05, 4.69) is 63.4 Å². The molecule has 0 bridgehead atoms. The first-order chi connectivity index (χ1) is 19.2. The molecule has 2 rings (SSSR count). The predicted octanol–water partition coefficient (Wildman–Crippen LogP) is 8.71. The maximum absolute atomic E-state index is 12.4. The molecule has 0 radical (unpaired) electrons. The molecule has 7 nitrogen and oxygen atoms in total. The van der Waals surface area contributed by atoms with E-state index in [1.54, 1.807) is 24.3 Å². The molecule has 43 heavy (non-hydrogen) atoms. The molecule has 0 aromatic heterocycles. The minimum Gasteiger partial charge on any atom is -0.463 e. The molecule has 0 heterocycles. The Morgan fingerprint density at radius 3 is 1.14 bits per heavy atom. The van der Waals surface area contributed by atoms with E-state index in [-0.39, 0.29) is 14.9 Å². The van der Waals surface area contributed by atoms with E-state index in [0.717, 1.165) is 23.2 Å². The normalized spacial score (nSPS) is 10.3. The Hall–Kier alpha value is -2.89. The predicted molar refractivity (Wildman–Crippen MR) is 184 cm³/mol. The first kappa shape index (κ1) is 44.6. The molecule has 0 aliphatic carbocycles. The van der Waals surface area contributed by atoms with Crippen molar-refractivity contribution in [1.29, 1.82) is 0 Å². The number of methoxy groups -OCH3 is 2. The van der Waals surface area contributed by atoms with Crippen molar-refractivity contribution in [2.75, 3.05) is 14.2 Å². The maximum atomic E-state index is 12.4. The molecule has 0 saturated heterocycles. The summed E-state index contributed by atoms with van der Waals surface area (Å²) in [7, 11) is -1.84. The second-order valence-electron chi connectivity index (χ2n) is 11.0. The van der Waals surface area contributed by atoms with Crippen LogP contribution in [-0.2, 0) is 36.0 Å². The first-order valence-corrected chi connectivity index (χ1v) is 20.6. The molecule has 0 saturated carbocycles. The highest BCUT2D eigenvalue weighted by Gasteiger charge is 2.33. The van der Waals surface area contributed by atoms with Crippen LogP contribution in [-0.4, -0.2) is 54.4 Å². The fourth-order valence-corrected chi connectivity index (χ4v) is 12.6.